The molecule has 0 heterocycles. The van der Waals surface area contributed by atoms with Crippen molar-refractivity contribution in [2.24, 2.45) is 5.73 Å². The molecule has 4 heteroatoms. The van der Waals surface area contributed by atoms with Gasteiger partial charge in [-0.15, -0.1) is 0 Å². The topological polar surface area (TPSA) is 44.5 Å². The van der Waals surface area contributed by atoms with Gasteiger partial charge >= 0.3 is 0 Å². The maximum absolute atomic E-state index is 5.86. The molecular formula is C15H16ClNO2. The van der Waals surface area contributed by atoms with Gasteiger partial charge in [-0.1, -0.05) is 29.8 Å². The zero-order valence-electron chi connectivity index (χ0n) is 10.5. The number of nitrogens with two attached hydrogens (primary N) is 1. The fourth-order valence-electron chi connectivity index (χ4n) is 1.60. The zero-order chi connectivity index (χ0) is 13.5. The van der Waals surface area contributed by atoms with Crippen LogP contribution in [0.4, 0.5) is 0 Å². The van der Waals surface area contributed by atoms with E-state index in [9.17, 15) is 0 Å². The number of halogens is 1. The molecule has 0 saturated carbocycles. The van der Waals surface area contributed by atoms with Crippen molar-refractivity contribution in [3.05, 3.63) is 59.1 Å². The van der Waals surface area contributed by atoms with Crippen molar-refractivity contribution in [3.8, 4) is 11.5 Å². The summed E-state index contributed by atoms with van der Waals surface area (Å²) in [6.45, 7) is 1.49. The first-order valence-electron chi connectivity index (χ1n) is 6.08. The molecule has 0 atom stereocenters. The monoisotopic (exact) mass is 277 g/mol. The molecule has 0 aliphatic heterocycles. The van der Waals surface area contributed by atoms with E-state index >= 15 is 0 Å². The van der Waals surface area contributed by atoms with Crippen LogP contribution in [0.15, 0.2) is 48.5 Å². The molecule has 2 aromatic rings. The van der Waals surface area contributed by atoms with E-state index in [1.54, 1.807) is 6.07 Å². The van der Waals surface area contributed by atoms with Gasteiger partial charge in [-0.3, -0.25) is 0 Å². The van der Waals surface area contributed by atoms with Crippen LogP contribution in [0, 0.1) is 0 Å². The smallest absolute Gasteiger partial charge is 0.122 e. The molecule has 100 valence electrons. The predicted molar refractivity (Wildman–Crippen MR) is 76.8 cm³/mol. The maximum Gasteiger partial charge on any atom is 0.122 e. The first-order chi connectivity index (χ1) is 9.28. The fourth-order valence-corrected chi connectivity index (χ4v) is 1.78. The molecule has 0 unspecified atom stereocenters. The predicted octanol–water partition coefficient (Wildman–Crippen LogP) is 3.26. The van der Waals surface area contributed by atoms with Gasteiger partial charge in [-0.2, -0.15) is 0 Å². The van der Waals surface area contributed by atoms with Crippen LogP contribution in [0.3, 0.4) is 0 Å². The Kier molecular flexibility index (Phi) is 5.07. The van der Waals surface area contributed by atoms with Crippen molar-refractivity contribution in [3.63, 3.8) is 0 Å². The summed E-state index contributed by atoms with van der Waals surface area (Å²) >= 11 is 5.86. The maximum atomic E-state index is 5.86. The van der Waals surface area contributed by atoms with Crippen molar-refractivity contribution in [2.75, 3.05) is 13.2 Å². The minimum Gasteiger partial charge on any atom is -0.490 e. The summed E-state index contributed by atoms with van der Waals surface area (Å²) < 4.78 is 11.1. The van der Waals surface area contributed by atoms with E-state index in [2.05, 4.69) is 0 Å². The van der Waals surface area contributed by atoms with Crippen molar-refractivity contribution >= 4 is 11.6 Å². The summed E-state index contributed by atoms with van der Waals surface area (Å²) in [6, 6.07) is 15.0. The Morgan fingerprint density at radius 2 is 1.58 bits per heavy atom. The minimum atomic E-state index is 0.471. The van der Waals surface area contributed by atoms with Gasteiger partial charge in [0, 0.05) is 11.6 Å². The summed E-state index contributed by atoms with van der Waals surface area (Å²) in [5, 5.41) is 0.663. The molecule has 2 N–H and O–H groups in total. The van der Waals surface area contributed by atoms with Crippen molar-refractivity contribution in [1.82, 2.24) is 0 Å². The molecule has 3 nitrogen and oxygen atoms in total. The van der Waals surface area contributed by atoms with Crippen LogP contribution in [0.1, 0.15) is 5.56 Å². The molecule has 0 aliphatic rings. The molecule has 0 fully saturated rings. The molecule has 19 heavy (non-hydrogen) atoms. The highest BCUT2D eigenvalue weighted by Crippen LogP contribution is 2.17. The third-order valence-electron chi connectivity index (χ3n) is 2.58. The lowest BCUT2D eigenvalue weighted by atomic mass is 10.2. The molecule has 0 radical (unpaired) electrons. The van der Waals surface area contributed by atoms with Crippen LogP contribution >= 0.6 is 11.6 Å². The number of hydrogen-bond donors (Lipinski definition) is 1. The van der Waals surface area contributed by atoms with E-state index in [0.717, 1.165) is 17.1 Å². The normalized spacial score (nSPS) is 10.2. The fraction of sp³-hybridized carbons (Fsp3) is 0.200. The van der Waals surface area contributed by atoms with Gasteiger partial charge in [0.1, 0.15) is 24.7 Å². The average Bonchev–Trinajstić information content (AvgIpc) is 2.44. The first kappa shape index (κ1) is 13.7. The van der Waals surface area contributed by atoms with Gasteiger partial charge in [0.25, 0.3) is 0 Å². The third-order valence-corrected chi connectivity index (χ3v) is 2.81. The van der Waals surface area contributed by atoms with Crippen molar-refractivity contribution in [1.29, 1.82) is 0 Å². The number of benzene rings is 2. The van der Waals surface area contributed by atoms with Crippen LogP contribution in [0.25, 0.3) is 0 Å². The van der Waals surface area contributed by atoms with Crippen LogP contribution in [0.5, 0.6) is 11.5 Å². The van der Waals surface area contributed by atoms with Gasteiger partial charge in [-0.05, 0) is 35.9 Å². The van der Waals surface area contributed by atoms with Crippen LogP contribution in [-0.4, -0.2) is 13.2 Å². The third kappa shape index (κ3) is 4.47. The number of rotatable bonds is 6. The van der Waals surface area contributed by atoms with Gasteiger partial charge in [0.15, 0.2) is 0 Å². The van der Waals surface area contributed by atoms with Gasteiger partial charge in [-0.25, -0.2) is 0 Å². The second kappa shape index (κ2) is 7.02. The lowest BCUT2D eigenvalue weighted by Gasteiger charge is -2.09. The number of ether oxygens (including phenoxy) is 2. The molecule has 0 saturated heterocycles. The molecule has 0 spiro atoms. The Bertz CT molecular complexity index is 514. The summed E-state index contributed by atoms with van der Waals surface area (Å²) in [7, 11) is 0. The highest BCUT2D eigenvalue weighted by Gasteiger charge is 1.97. The van der Waals surface area contributed by atoms with E-state index in [4.69, 9.17) is 26.8 Å². The van der Waals surface area contributed by atoms with E-state index < -0.39 is 0 Å². The molecular weight excluding hydrogens is 262 g/mol. The molecule has 0 amide bonds. The molecule has 0 aliphatic carbocycles. The van der Waals surface area contributed by atoms with Gasteiger partial charge in [0.2, 0.25) is 0 Å². The van der Waals surface area contributed by atoms with Gasteiger partial charge in [0.05, 0.1) is 0 Å². The Balaban J connectivity index is 1.74. The van der Waals surface area contributed by atoms with Crippen LogP contribution in [0.2, 0.25) is 5.02 Å². The lowest BCUT2D eigenvalue weighted by Crippen LogP contribution is -2.09. The van der Waals surface area contributed by atoms with Crippen molar-refractivity contribution in [2.45, 2.75) is 6.54 Å². The second-order valence-corrected chi connectivity index (χ2v) is 4.44. The minimum absolute atomic E-state index is 0.471. The van der Waals surface area contributed by atoms with Crippen LogP contribution in [-0.2, 0) is 6.54 Å². The Morgan fingerprint density at radius 3 is 2.21 bits per heavy atom. The summed E-state index contributed by atoms with van der Waals surface area (Å²) in [4.78, 5) is 0. The summed E-state index contributed by atoms with van der Waals surface area (Å²) in [5.74, 6) is 1.56. The highest BCUT2D eigenvalue weighted by molar-refractivity contribution is 6.30. The second-order valence-electron chi connectivity index (χ2n) is 4.00. The van der Waals surface area contributed by atoms with E-state index in [1.807, 2.05) is 42.5 Å². The van der Waals surface area contributed by atoms with Gasteiger partial charge < -0.3 is 15.2 Å². The lowest BCUT2D eigenvalue weighted by molar-refractivity contribution is 0.217. The Labute approximate surface area is 117 Å². The quantitative estimate of drug-likeness (QED) is 0.825. The molecule has 2 rings (SSSR count). The highest BCUT2D eigenvalue weighted by atomic mass is 35.5. The van der Waals surface area contributed by atoms with Crippen LogP contribution < -0.4 is 15.2 Å². The van der Waals surface area contributed by atoms with E-state index in [1.165, 1.54) is 0 Å². The average molecular weight is 278 g/mol. The Hall–Kier alpha value is -1.71. The number of hydrogen-bond acceptors (Lipinski definition) is 3. The standard InChI is InChI=1S/C15H16ClNO2/c16-13-2-1-3-15(10-13)19-9-8-18-14-6-4-12(11-17)5-7-14/h1-7,10H,8-9,11,17H2. The first-order valence-corrected chi connectivity index (χ1v) is 6.46. The van der Waals surface area contributed by atoms with E-state index in [0.29, 0.717) is 24.8 Å². The Morgan fingerprint density at radius 1 is 0.895 bits per heavy atom. The summed E-state index contributed by atoms with van der Waals surface area (Å²) in [5.41, 5.74) is 6.61. The zero-order valence-corrected chi connectivity index (χ0v) is 11.3. The largest absolute Gasteiger partial charge is 0.490 e. The molecule has 0 bridgehead atoms. The van der Waals surface area contributed by atoms with E-state index in [-0.39, 0.29) is 0 Å². The van der Waals surface area contributed by atoms with Crippen molar-refractivity contribution < 1.29 is 9.47 Å². The SMILES string of the molecule is NCc1ccc(OCCOc2cccc(Cl)c2)cc1. The molecule has 0 aromatic heterocycles. The molecule has 2 aromatic carbocycles. The summed E-state index contributed by atoms with van der Waals surface area (Å²) in [6.07, 6.45) is 0.